The molecule has 1 N–H and O–H groups in total. The van der Waals surface area contributed by atoms with Crippen LogP contribution in [-0.4, -0.2) is 71.6 Å². The van der Waals surface area contributed by atoms with Crippen molar-refractivity contribution in [1.82, 2.24) is 15.1 Å². The minimum absolute atomic E-state index is 0.208. The molecule has 3 heterocycles. The van der Waals surface area contributed by atoms with E-state index in [1.807, 2.05) is 19.1 Å². The second-order valence-electron chi connectivity index (χ2n) is 7.80. The van der Waals surface area contributed by atoms with E-state index < -0.39 is 5.97 Å². The lowest BCUT2D eigenvalue weighted by molar-refractivity contribution is -0.137. The third-order valence-corrected chi connectivity index (χ3v) is 6.09. The van der Waals surface area contributed by atoms with Crippen LogP contribution in [0.4, 0.5) is 5.82 Å². The number of hydrogen-bond acceptors (Lipinski definition) is 6. The lowest BCUT2D eigenvalue weighted by Gasteiger charge is -2.45. The van der Waals surface area contributed by atoms with Gasteiger partial charge < -0.3 is 14.7 Å². The number of piperidine rings is 1. The number of aromatic nitrogens is 2. The molecule has 7 nitrogen and oxygen atoms in total. The van der Waals surface area contributed by atoms with Crippen molar-refractivity contribution >= 4 is 22.6 Å². The van der Waals surface area contributed by atoms with Gasteiger partial charge in [0, 0.05) is 49.4 Å². The van der Waals surface area contributed by atoms with Gasteiger partial charge in [-0.25, -0.2) is 0 Å². The zero-order valence-corrected chi connectivity index (χ0v) is 16.4. The van der Waals surface area contributed by atoms with E-state index in [4.69, 9.17) is 4.74 Å². The number of carboxylic acid groups (broad SMARTS) is 1. The number of morpholine rings is 1. The molecule has 150 valence electrons. The number of ether oxygens (including phenoxy) is 1. The van der Waals surface area contributed by atoms with E-state index in [-0.39, 0.29) is 6.42 Å². The summed E-state index contributed by atoms with van der Waals surface area (Å²) in [7, 11) is 0. The van der Waals surface area contributed by atoms with E-state index in [1.54, 1.807) is 0 Å². The highest BCUT2D eigenvalue weighted by Gasteiger charge is 2.35. The predicted octanol–water partition coefficient (Wildman–Crippen LogP) is 2.33. The fraction of sp³-hybridized carbons (Fsp3) is 0.571. The van der Waals surface area contributed by atoms with Gasteiger partial charge in [-0.05, 0) is 25.7 Å². The van der Waals surface area contributed by atoms with Gasteiger partial charge in [0.1, 0.15) is 0 Å². The highest BCUT2D eigenvalue weighted by Crippen LogP contribution is 2.32. The minimum Gasteiger partial charge on any atom is -0.481 e. The van der Waals surface area contributed by atoms with Crippen LogP contribution in [0.15, 0.2) is 24.3 Å². The molecule has 2 saturated heterocycles. The van der Waals surface area contributed by atoms with Gasteiger partial charge in [0.05, 0.1) is 18.9 Å². The SMILES string of the molecule is Cc1nnc(N2CCC(N3CCOCC3)C(CCC(=O)O)C2)c2ccccc12. The summed E-state index contributed by atoms with van der Waals surface area (Å²) in [6, 6.07) is 8.66. The number of carboxylic acids is 1. The summed E-state index contributed by atoms with van der Waals surface area (Å²) >= 11 is 0. The second-order valence-corrected chi connectivity index (χ2v) is 7.80. The molecule has 0 amide bonds. The Kier molecular flexibility index (Phi) is 5.73. The Morgan fingerprint density at radius 1 is 1.18 bits per heavy atom. The van der Waals surface area contributed by atoms with Crippen molar-refractivity contribution in [3.63, 3.8) is 0 Å². The third kappa shape index (κ3) is 3.95. The number of rotatable bonds is 5. The fourth-order valence-corrected chi connectivity index (χ4v) is 4.65. The largest absolute Gasteiger partial charge is 0.481 e. The van der Waals surface area contributed by atoms with Gasteiger partial charge in [-0.3, -0.25) is 9.69 Å². The quantitative estimate of drug-likeness (QED) is 0.847. The zero-order chi connectivity index (χ0) is 19.5. The molecular formula is C21H28N4O3. The molecule has 28 heavy (non-hydrogen) atoms. The summed E-state index contributed by atoms with van der Waals surface area (Å²) in [5, 5.41) is 20.4. The molecule has 2 aromatic rings. The first-order valence-electron chi connectivity index (χ1n) is 10.1. The van der Waals surface area contributed by atoms with Crippen molar-refractivity contribution in [2.24, 2.45) is 5.92 Å². The number of fused-ring (bicyclic) bond motifs is 1. The van der Waals surface area contributed by atoms with Crippen molar-refractivity contribution in [2.75, 3.05) is 44.3 Å². The molecule has 1 aromatic carbocycles. The van der Waals surface area contributed by atoms with E-state index in [0.717, 1.165) is 68.1 Å². The van der Waals surface area contributed by atoms with Crippen LogP contribution in [0.25, 0.3) is 10.8 Å². The van der Waals surface area contributed by atoms with Crippen LogP contribution in [-0.2, 0) is 9.53 Å². The molecule has 2 unspecified atom stereocenters. The average Bonchev–Trinajstić information content (AvgIpc) is 2.73. The van der Waals surface area contributed by atoms with E-state index >= 15 is 0 Å². The summed E-state index contributed by atoms with van der Waals surface area (Å²) in [6.07, 6.45) is 1.90. The smallest absolute Gasteiger partial charge is 0.303 e. The van der Waals surface area contributed by atoms with Crippen LogP contribution in [0.5, 0.6) is 0 Å². The lowest BCUT2D eigenvalue weighted by Crippen LogP contribution is -2.54. The number of anilines is 1. The number of nitrogens with zero attached hydrogens (tertiary/aromatic N) is 4. The Bertz CT molecular complexity index is 838. The van der Waals surface area contributed by atoms with E-state index in [1.165, 1.54) is 0 Å². The highest BCUT2D eigenvalue weighted by atomic mass is 16.5. The molecule has 2 aliphatic heterocycles. The molecule has 2 atom stereocenters. The van der Waals surface area contributed by atoms with Gasteiger partial charge in [-0.15, -0.1) is 5.10 Å². The van der Waals surface area contributed by atoms with Gasteiger partial charge in [0.15, 0.2) is 5.82 Å². The van der Waals surface area contributed by atoms with Crippen molar-refractivity contribution < 1.29 is 14.6 Å². The molecule has 0 saturated carbocycles. The Labute approximate surface area is 165 Å². The third-order valence-electron chi connectivity index (χ3n) is 6.09. The number of hydrogen-bond donors (Lipinski definition) is 1. The number of aliphatic carboxylic acids is 1. The van der Waals surface area contributed by atoms with Crippen molar-refractivity contribution in [1.29, 1.82) is 0 Å². The van der Waals surface area contributed by atoms with Gasteiger partial charge in [-0.1, -0.05) is 24.3 Å². The minimum atomic E-state index is -0.724. The van der Waals surface area contributed by atoms with Crippen LogP contribution in [0.3, 0.4) is 0 Å². The van der Waals surface area contributed by atoms with Crippen molar-refractivity contribution in [2.45, 2.75) is 32.2 Å². The van der Waals surface area contributed by atoms with Crippen LogP contribution in [0.1, 0.15) is 25.0 Å². The van der Waals surface area contributed by atoms with Crippen LogP contribution in [0.2, 0.25) is 0 Å². The normalized spacial score (nSPS) is 23.8. The van der Waals surface area contributed by atoms with Gasteiger partial charge in [0.2, 0.25) is 0 Å². The van der Waals surface area contributed by atoms with Gasteiger partial charge >= 0.3 is 5.97 Å². The van der Waals surface area contributed by atoms with Gasteiger partial charge in [0.25, 0.3) is 0 Å². The van der Waals surface area contributed by atoms with E-state index in [9.17, 15) is 9.90 Å². The van der Waals surface area contributed by atoms with Gasteiger partial charge in [-0.2, -0.15) is 5.10 Å². The molecular weight excluding hydrogens is 356 g/mol. The number of benzene rings is 1. The molecule has 0 aliphatic carbocycles. The molecule has 0 spiro atoms. The maximum absolute atomic E-state index is 11.2. The van der Waals surface area contributed by atoms with Crippen LogP contribution in [0, 0.1) is 12.8 Å². The first kappa shape index (κ1) is 19.1. The summed E-state index contributed by atoms with van der Waals surface area (Å²) in [5.41, 5.74) is 0.935. The zero-order valence-electron chi connectivity index (χ0n) is 16.4. The molecule has 0 radical (unpaired) electrons. The van der Waals surface area contributed by atoms with E-state index in [0.29, 0.717) is 18.4 Å². The number of aryl methyl sites for hydroxylation is 1. The lowest BCUT2D eigenvalue weighted by atomic mass is 9.86. The molecule has 4 rings (SSSR count). The molecule has 2 aliphatic rings. The molecule has 7 heteroatoms. The maximum atomic E-state index is 11.2. The number of carbonyl (C=O) groups is 1. The Balaban J connectivity index is 1.59. The predicted molar refractivity (Wildman–Crippen MR) is 108 cm³/mol. The summed E-state index contributed by atoms with van der Waals surface area (Å²) < 4.78 is 5.51. The first-order valence-corrected chi connectivity index (χ1v) is 10.1. The second kappa shape index (κ2) is 8.41. The van der Waals surface area contributed by atoms with Crippen molar-refractivity contribution in [3.05, 3.63) is 30.0 Å². The Morgan fingerprint density at radius 2 is 1.93 bits per heavy atom. The molecule has 2 fully saturated rings. The monoisotopic (exact) mass is 384 g/mol. The molecule has 1 aromatic heterocycles. The van der Waals surface area contributed by atoms with E-state index in [2.05, 4.69) is 32.1 Å². The van der Waals surface area contributed by atoms with Crippen LogP contribution < -0.4 is 4.90 Å². The Morgan fingerprint density at radius 3 is 2.68 bits per heavy atom. The summed E-state index contributed by atoms with van der Waals surface area (Å²) in [6.45, 7) is 7.10. The molecule has 0 bridgehead atoms. The van der Waals surface area contributed by atoms with Crippen molar-refractivity contribution in [3.8, 4) is 0 Å². The fourth-order valence-electron chi connectivity index (χ4n) is 4.65. The first-order chi connectivity index (χ1) is 13.6. The maximum Gasteiger partial charge on any atom is 0.303 e. The topological polar surface area (TPSA) is 78.8 Å². The summed E-state index contributed by atoms with van der Waals surface area (Å²) in [5.74, 6) is 0.491. The standard InChI is InChI=1S/C21H28N4O3/c1-15-17-4-2-3-5-18(17)21(23-22-15)25-9-8-19(24-10-12-28-13-11-24)16(14-25)6-7-20(26)27/h2-5,16,19H,6-14H2,1H3,(H,26,27). The Hall–Kier alpha value is -2.25. The summed E-state index contributed by atoms with van der Waals surface area (Å²) in [4.78, 5) is 16.0. The van der Waals surface area contributed by atoms with Crippen LogP contribution >= 0.6 is 0 Å². The average molecular weight is 384 g/mol. The highest BCUT2D eigenvalue weighted by molar-refractivity contribution is 5.93.